The molecule has 0 unspecified atom stereocenters. The first-order chi connectivity index (χ1) is 4.98. The van der Waals surface area contributed by atoms with Gasteiger partial charge in [0.15, 0.2) is 0 Å². The molecule has 0 rings (SSSR count). The summed E-state index contributed by atoms with van der Waals surface area (Å²) >= 11 is 1.89. The zero-order chi connectivity index (χ0) is 8.91. The second-order valence-electron chi connectivity index (χ2n) is 3.52. The third-order valence-corrected chi connectivity index (χ3v) is 2.78. The van der Waals surface area contributed by atoms with Crippen LogP contribution in [-0.2, 0) is 0 Å². The molecule has 0 amide bonds. The third-order valence-electron chi connectivity index (χ3n) is 1.53. The average Bonchev–Trinajstić information content (AvgIpc) is 1.87. The van der Waals surface area contributed by atoms with Gasteiger partial charge in [0.2, 0.25) is 0 Å². The Labute approximate surface area is 74.6 Å². The minimum atomic E-state index is 0.343. The van der Waals surface area contributed by atoms with Crippen LogP contribution in [0.25, 0.3) is 0 Å². The van der Waals surface area contributed by atoms with Gasteiger partial charge in [-0.3, -0.25) is 0 Å². The number of thioether (sulfide) groups is 1. The molecule has 11 heavy (non-hydrogen) atoms. The van der Waals surface area contributed by atoms with Crippen LogP contribution < -0.4 is 5.32 Å². The van der Waals surface area contributed by atoms with Gasteiger partial charge in [0.25, 0.3) is 0 Å². The predicted molar refractivity (Wildman–Crippen MR) is 55.3 cm³/mol. The quantitative estimate of drug-likeness (QED) is 0.640. The highest BCUT2D eigenvalue weighted by molar-refractivity contribution is 7.99. The lowest BCUT2D eigenvalue weighted by atomic mass is 10.2. The lowest BCUT2D eigenvalue weighted by Gasteiger charge is -2.22. The fourth-order valence-corrected chi connectivity index (χ4v) is 0.895. The van der Waals surface area contributed by atoms with Crippen molar-refractivity contribution in [2.45, 2.75) is 25.5 Å². The lowest BCUT2D eigenvalue weighted by molar-refractivity contribution is 0.615. The molecule has 0 saturated carbocycles. The summed E-state index contributed by atoms with van der Waals surface area (Å²) in [4.78, 5) is 0. The maximum absolute atomic E-state index is 3.83. The van der Waals surface area contributed by atoms with E-state index in [0.717, 1.165) is 13.1 Å². The van der Waals surface area contributed by atoms with Crippen LogP contribution in [0.2, 0.25) is 0 Å². The predicted octanol–water partition coefficient (Wildman–Crippen LogP) is 2.29. The minimum Gasteiger partial charge on any atom is -0.312 e. The average molecular weight is 173 g/mol. The number of hydrogen-bond acceptors (Lipinski definition) is 2. The maximum atomic E-state index is 3.83. The summed E-state index contributed by atoms with van der Waals surface area (Å²) in [5.41, 5.74) is 1.20. The fraction of sp³-hybridized carbons (Fsp3) is 0.778. The molecule has 66 valence electrons. The van der Waals surface area contributed by atoms with E-state index in [1.807, 2.05) is 18.7 Å². The van der Waals surface area contributed by atoms with Crippen LogP contribution in [0.15, 0.2) is 12.2 Å². The highest BCUT2D eigenvalue weighted by atomic mass is 32.2. The van der Waals surface area contributed by atoms with Crippen LogP contribution in [0.1, 0.15) is 20.8 Å². The van der Waals surface area contributed by atoms with Gasteiger partial charge in [-0.25, -0.2) is 0 Å². The zero-order valence-corrected chi connectivity index (χ0v) is 8.85. The normalized spacial score (nSPS) is 11.6. The Hall–Kier alpha value is 0.0500. The Kier molecular flexibility index (Phi) is 4.86. The number of nitrogens with one attached hydrogen (secondary N) is 1. The van der Waals surface area contributed by atoms with E-state index in [2.05, 4.69) is 32.0 Å². The van der Waals surface area contributed by atoms with Crippen molar-refractivity contribution in [1.82, 2.24) is 5.32 Å². The Balaban J connectivity index is 3.45. The highest BCUT2D eigenvalue weighted by Gasteiger charge is 2.14. The van der Waals surface area contributed by atoms with Gasteiger partial charge in [-0.05, 0) is 27.0 Å². The smallest absolute Gasteiger partial charge is 0.0225 e. The molecule has 0 fully saturated rings. The molecule has 0 bridgehead atoms. The molecular weight excluding hydrogens is 154 g/mol. The van der Waals surface area contributed by atoms with Crippen molar-refractivity contribution in [3.05, 3.63) is 12.2 Å². The van der Waals surface area contributed by atoms with Crippen molar-refractivity contribution >= 4 is 11.8 Å². The minimum absolute atomic E-state index is 0.343. The molecule has 0 saturated heterocycles. The highest BCUT2D eigenvalue weighted by Crippen LogP contribution is 2.19. The van der Waals surface area contributed by atoms with Crippen LogP contribution in [0.4, 0.5) is 0 Å². The van der Waals surface area contributed by atoms with Crippen LogP contribution in [0.3, 0.4) is 0 Å². The van der Waals surface area contributed by atoms with Crippen molar-refractivity contribution < 1.29 is 0 Å². The Morgan fingerprint density at radius 1 is 1.55 bits per heavy atom. The molecule has 0 aliphatic rings. The largest absolute Gasteiger partial charge is 0.312 e. The topological polar surface area (TPSA) is 12.0 Å². The lowest BCUT2D eigenvalue weighted by Crippen LogP contribution is -2.32. The van der Waals surface area contributed by atoms with Crippen LogP contribution in [-0.4, -0.2) is 24.1 Å². The van der Waals surface area contributed by atoms with Gasteiger partial charge < -0.3 is 5.32 Å². The molecule has 0 radical (unpaired) electrons. The van der Waals surface area contributed by atoms with Gasteiger partial charge in [0.1, 0.15) is 0 Å². The number of hydrogen-bond donors (Lipinski definition) is 1. The second-order valence-corrected chi connectivity index (χ2v) is 5.04. The van der Waals surface area contributed by atoms with E-state index >= 15 is 0 Å². The van der Waals surface area contributed by atoms with E-state index in [0.29, 0.717) is 4.75 Å². The Bertz CT molecular complexity index is 130. The Morgan fingerprint density at radius 3 is 2.45 bits per heavy atom. The number of rotatable bonds is 5. The van der Waals surface area contributed by atoms with E-state index in [1.54, 1.807) is 0 Å². The van der Waals surface area contributed by atoms with Gasteiger partial charge in [0, 0.05) is 17.8 Å². The first-order valence-electron chi connectivity index (χ1n) is 3.88. The van der Waals surface area contributed by atoms with Crippen molar-refractivity contribution in [3.8, 4) is 0 Å². The van der Waals surface area contributed by atoms with Gasteiger partial charge >= 0.3 is 0 Å². The fourth-order valence-electron chi connectivity index (χ4n) is 0.649. The molecule has 1 N–H and O–H groups in total. The first kappa shape index (κ1) is 11.1. The van der Waals surface area contributed by atoms with E-state index in [-0.39, 0.29) is 0 Å². The first-order valence-corrected chi connectivity index (χ1v) is 5.10. The van der Waals surface area contributed by atoms with Gasteiger partial charge in [-0.2, -0.15) is 11.8 Å². The molecule has 0 aromatic carbocycles. The van der Waals surface area contributed by atoms with Crippen LogP contribution >= 0.6 is 11.8 Å². The van der Waals surface area contributed by atoms with E-state index in [1.165, 1.54) is 5.57 Å². The molecule has 0 spiro atoms. The monoisotopic (exact) mass is 173 g/mol. The molecule has 0 heterocycles. The summed E-state index contributed by atoms with van der Waals surface area (Å²) in [6, 6.07) is 0. The van der Waals surface area contributed by atoms with Crippen LogP contribution in [0.5, 0.6) is 0 Å². The van der Waals surface area contributed by atoms with Crippen molar-refractivity contribution in [2.75, 3.05) is 19.3 Å². The standard InChI is InChI=1S/C9H19NS/c1-8(2)6-10-7-9(3,4)11-5/h10H,1,6-7H2,2-5H3. The Morgan fingerprint density at radius 2 is 2.09 bits per heavy atom. The molecular formula is C9H19NS. The summed E-state index contributed by atoms with van der Waals surface area (Å²) in [6.45, 7) is 12.3. The molecule has 0 aromatic heterocycles. The summed E-state index contributed by atoms with van der Waals surface area (Å²) in [7, 11) is 0. The summed E-state index contributed by atoms with van der Waals surface area (Å²) in [5, 5.41) is 3.36. The van der Waals surface area contributed by atoms with Gasteiger partial charge in [0.05, 0.1) is 0 Å². The van der Waals surface area contributed by atoms with Gasteiger partial charge in [-0.1, -0.05) is 12.2 Å². The van der Waals surface area contributed by atoms with Gasteiger partial charge in [-0.15, -0.1) is 0 Å². The summed E-state index contributed by atoms with van der Waals surface area (Å²) in [5.74, 6) is 0. The molecule has 0 aromatic rings. The summed E-state index contributed by atoms with van der Waals surface area (Å²) < 4.78 is 0.343. The third kappa shape index (κ3) is 6.45. The van der Waals surface area contributed by atoms with Crippen LogP contribution in [0, 0.1) is 0 Å². The van der Waals surface area contributed by atoms with E-state index in [9.17, 15) is 0 Å². The maximum Gasteiger partial charge on any atom is 0.0225 e. The zero-order valence-electron chi connectivity index (χ0n) is 8.03. The second kappa shape index (κ2) is 4.83. The summed E-state index contributed by atoms with van der Waals surface area (Å²) in [6.07, 6.45) is 2.14. The van der Waals surface area contributed by atoms with Crippen molar-refractivity contribution in [2.24, 2.45) is 0 Å². The van der Waals surface area contributed by atoms with Crippen molar-refractivity contribution in [1.29, 1.82) is 0 Å². The van der Waals surface area contributed by atoms with Crippen molar-refractivity contribution in [3.63, 3.8) is 0 Å². The molecule has 2 heteroatoms. The molecule has 0 aliphatic heterocycles. The van der Waals surface area contributed by atoms with E-state index in [4.69, 9.17) is 0 Å². The molecule has 1 nitrogen and oxygen atoms in total. The molecule has 0 atom stereocenters. The van der Waals surface area contributed by atoms with E-state index < -0.39 is 0 Å². The molecule has 0 aliphatic carbocycles. The SMILES string of the molecule is C=C(C)CNCC(C)(C)SC.